The topological polar surface area (TPSA) is 140 Å². The standard InChI is InChI=1S/C28H43N7O2S/c1-7-28(11-12-28)16-37-21(30)10-13-33-22-9-8-20(25(31)36)26(34-22)35-15-19(14-27(35,4)5)17(2)23(32-6)24(38)18(3)29/h8-10,13,17,19,29-30,32,38H,7,11-12,14-16H2,1-6H3,(H2,31,36)(H,33,34)/b13-10-,24-23+,29-18?,30-21?. The number of thiol groups is 1. The van der Waals surface area contributed by atoms with E-state index < -0.39 is 5.91 Å². The van der Waals surface area contributed by atoms with Crippen LogP contribution in [0.25, 0.3) is 0 Å². The van der Waals surface area contributed by atoms with Gasteiger partial charge in [0.15, 0.2) is 0 Å². The molecule has 3 rings (SSSR count). The van der Waals surface area contributed by atoms with Gasteiger partial charge in [-0.05, 0) is 64.5 Å². The van der Waals surface area contributed by atoms with Crippen molar-refractivity contribution in [1.29, 1.82) is 10.8 Å². The second-order valence-electron chi connectivity index (χ2n) is 11.2. The zero-order valence-electron chi connectivity index (χ0n) is 23.4. The summed E-state index contributed by atoms with van der Waals surface area (Å²) in [7, 11) is 1.86. The van der Waals surface area contributed by atoms with Gasteiger partial charge in [0.2, 0.25) is 5.90 Å². The van der Waals surface area contributed by atoms with Crippen LogP contribution in [-0.2, 0) is 4.74 Å². The summed E-state index contributed by atoms with van der Waals surface area (Å²) in [4.78, 5) is 19.9. The van der Waals surface area contributed by atoms with Gasteiger partial charge in [-0.15, -0.1) is 12.6 Å². The molecule has 1 aliphatic carbocycles. The Morgan fingerprint density at radius 1 is 1.37 bits per heavy atom. The molecule has 10 heteroatoms. The average Bonchev–Trinajstić information content (AvgIpc) is 3.58. The maximum atomic E-state index is 12.3. The molecule has 9 nitrogen and oxygen atoms in total. The van der Waals surface area contributed by atoms with Gasteiger partial charge in [-0.25, -0.2) is 4.98 Å². The van der Waals surface area contributed by atoms with Gasteiger partial charge >= 0.3 is 0 Å². The molecule has 0 aromatic carbocycles. The minimum Gasteiger partial charge on any atom is -0.477 e. The van der Waals surface area contributed by atoms with Crippen LogP contribution in [0.1, 0.15) is 70.7 Å². The van der Waals surface area contributed by atoms with E-state index in [0.29, 0.717) is 41.0 Å². The van der Waals surface area contributed by atoms with Gasteiger partial charge in [0.1, 0.15) is 11.6 Å². The van der Waals surface area contributed by atoms with Crippen LogP contribution in [0.15, 0.2) is 35.0 Å². The number of anilines is 2. The van der Waals surface area contributed by atoms with Crippen LogP contribution in [0.3, 0.4) is 0 Å². The highest BCUT2D eigenvalue weighted by molar-refractivity contribution is 7.85. The molecule has 1 saturated heterocycles. The molecule has 2 aliphatic rings. The minimum absolute atomic E-state index is 0.0980. The Labute approximate surface area is 232 Å². The van der Waals surface area contributed by atoms with E-state index in [1.54, 1.807) is 31.3 Å². The highest BCUT2D eigenvalue weighted by atomic mass is 32.1. The summed E-state index contributed by atoms with van der Waals surface area (Å²) in [6.07, 6.45) is 7.45. The van der Waals surface area contributed by atoms with Gasteiger partial charge in [-0.2, -0.15) is 0 Å². The van der Waals surface area contributed by atoms with Crippen molar-refractivity contribution in [3.05, 3.63) is 40.6 Å². The molecule has 6 N–H and O–H groups in total. The molecule has 1 saturated carbocycles. The highest BCUT2D eigenvalue weighted by Crippen LogP contribution is 2.48. The zero-order chi connectivity index (χ0) is 28.3. The Balaban J connectivity index is 1.79. The number of aromatic nitrogens is 1. The van der Waals surface area contributed by atoms with Crippen LogP contribution in [0.5, 0.6) is 0 Å². The molecular weight excluding hydrogens is 498 g/mol. The number of amides is 1. The van der Waals surface area contributed by atoms with E-state index in [1.165, 1.54) is 0 Å². The van der Waals surface area contributed by atoms with Gasteiger partial charge in [0.25, 0.3) is 5.91 Å². The summed E-state index contributed by atoms with van der Waals surface area (Å²) in [5.41, 5.74) is 7.43. The van der Waals surface area contributed by atoms with Gasteiger partial charge in [-0.1, -0.05) is 13.8 Å². The smallest absolute Gasteiger partial charge is 0.252 e. The van der Waals surface area contributed by atoms with Crippen molar-refractivity contribution in [1.82, 2.24) is 10.3 Å². The van der Waals surface area contributed by atoms with Gasteiger partial charge in [0, 0.05) is 59.1 Å². The summed E-state index contributed by atoms with van der Waals surface area (Å²) in [6.45, 7) is 11.6. The first kappa shape index (κ1) is 29.5. The maximum absolute atomic E-state index is 12.3. The third kappa shape index (κ3) is 6.70. The lowest BCUT2D eigenvalue weighted by Crippen LogP contribution is -2.40. The molecular formula is C28H43N7O2S. The molecule has 2 atom stereocenters. The van der Waals surface area contributed by atoms with E-state index in [4.69, 9.17) is 26.3 Å². The number of allylic oxidation sites excluding steroid dienone is 2. The first-order valence-electron chi connectivity index (χ1n) is 13.2. The Hall–Kier alpha value is -3.01. The maximum Gasteiger partial charge on any atom is 0.252 e. The molecule has 38 heavy (non-hydrogen) atoms. The number of ether oxygens (including phenoxy) is 1. The highest BCUT2D eigenvalue weighted by Gasteiger charge is 2.43. The molecule has 1 aromatic rings. The fourth-order valence-electron chi connectivity index (χ4n) is 5.19. The zero-order valence-corrected chi connectivity index (χ0v) is 24.3. The predicted octanol–water partition coefficient (Wildman–Crippen LogP) is 4.93. The molecule has 0 radical (unpaired) electrons. The van der Waals surface area contributed by atoms with Crippen molar-refractivity contribution in [2.75, 3.05) is 30.4 Å². The van der Waals surface area contributed by atoms with Crippen molar-refractivity contribution in [2.45, 2.75) is 65.8 Å². The largest absolute Gasteiger partial charge is 0.477 e. The van der Waals surface area contributed by atoms with Crippen molar-refractivity contribution >= 4 is 41.8 Å². The van der Waals surface area contributed by atoms with Gasteiger partial charge in [0.05, 0.1) is 12.2 Å². The molecule has 0 spiro atoms. The Kier molecular flexibility index (Phi) is 9.17. The predicted molar refractivity (Wildman–Crippen MR) is 158 cm³/mol. The second kappa shape index (κ2) is 11.8. The number of rotatable bonds is 12. The number of pyridine rings is 1. The molecule has 2 fully saturated rings. The molecule has 1 aromatic heterocycles. The van der Waals surface area contributed by atoms with Crippen LogP contribution in [0, 0.1) is 28.1 Å². The van der Waals surface area contributed by atoms with Crippen LogP contribution in [0.2, 0.25) is 0 Å². The summed E-state index contributed by atoms with van der Waals surface area (Å²) < 4.78 is 5.61. The number of carbonyl (C=O) groups excluding carboxylic acids is 1. The van der Waals surface area contributed by atoms with Crippen LogP contribution in [0.4, 0.5) is 11.6 Å². The Morgan fingerprint density at radius 3 is 2.61 bits per heavy atom. The number of nitrogens with two attached hydrogens (primary N) is 1. The molecule has 208 valence electrons. The Morgan fingerprint density at radius 2 is 2.05 bits per heavy atom. The van der Waals surface area contributed by atoms with Crippen molar-refractivity contribution in [3.8, 4) is 0 Å². The fraction of sp³-hybridized carbons (Fsp3) is 0.571. The SMILES string of the molecule is CCC1(COC(=N)/C=C\Nc2ccc(C(N)=O)c(N3CC(C(C)/C(NC)=C(\S)C(C)=N)CC3(C)C)n2)CC1. The minimum atomic E-state index is -0.533. The fourth-order valence-corrected chi connectivity index (χ4v) is 5.51. The molecule has 1 amide bonds. The molecule has 2 heterocycles. The number of hydrogen-bond donors (Lipinski definition) is 6. The molecule has 2 unspecified atom stereocenters. The number of primary amides is 1. The monoisotopic (exact) mass is 541 g/mol. The number of nitrogens with one attached hydrogen (secondary N) is 4. The number of carbonyl (C=O) groups is 1. The second-order valence-corrected chi connectivity index (χ2v) is 11.7. The summed E-state index contributed by atoms with van der Waals surface area (Å²) >= 11 is 4.57. The van der Waals surface area contributed by atoms with Crippen LogP contribution in [-0.4, -0.2) is 48.2 Å². The van der Waals surface area contributed by atoms with E-state index in [2.05, 4.69) is 55.9 Å². The van der Waals surface area contributed by atoms with Gasteiger partial charge in [-0.3, -0.25) is 10.2 Å². The van der Waals surface area contributed by atoms with E-state index in [0.717, 1.165) is 31.4 Å². The lowest BCUT2D eigenvalue weighted by molar-refractivity contribution is 0.100. The number of hydrogen-bond acceptors (Lipinski definition) is 9. The van der Waals surface area contributed by atoms with Crippen molar-refractivity contribution in [2.24, 2.45) is 23.0 Å². The third-order valence-electron chi connectivity index (χ3n) is 8.05. The number of nitrogens with zero attached hydrogens (tertiary/aromatic N) is 2. The van der Waals surface area contributed by atoms with E-state index in [1.807, 2.05) is 7.05 Å². The average molecular weight is 542 g/mol. The van der Waals surface area contributed by atoms with E-state index >= 15 is 0 Å². The van der Waals surface area contributed by atoms with Crippen LogP contribution < -0.4 is 21.3 Å². The van der Waals surface area contributed by atoms with E-state index in [9.17, 15) is 4.79 Å². The quantitative estimate of drug-likeness (QED) is 0.126. The van der Waals surface area contributed by atoms with E-state index in [-0.39, 0.29) is 28.7 Å². The lowest BCUT2D eigenvalue weighted by atomic mass is 9.85. The van der Waals surface area contributed by atoms with Gasteiger partial charge < -0.3 is 31.4 Å². The van der Waals surface area contributed by atoms with Crippen molar-refractivity contribution < 1.29 is 9.53 Å². The van der Waals surface area contributed by atoms with Crippen molar-refractivity contribution in [3.63, 3.8) is 0 Å². The first-order valence-corrected chi connectivity index (χ1v) is 13.7. The summed E-state index contributed by atoms with van der Waals surface area (Å²) in [5, 5.41) is 22.4. The molecule has 0 bridgehead atoms. The molecule has 1 aliphatic heterocycles. The third-order valence-corrected chi connectivity index (χ3v) is 8.63. The first-order chi connectivity index (χ1) is 17.8. The van der Waals surface area contributed by atoms with Crippen LogP contribution >= 0.6 is 12.6 Å². The summed E-state index contributed by atoms with van der Waals surface area (Å²) in [5.74, 6) is 0.998. The lowest BCUT2D eigenvalue weighted by Gasteiger charge is -2.33. The summed E-state index contributed by atoms with van der Waals surface area (Å²) in [6, 6.07) is 3.40. The Bertz CT molecular complexity index is 1140. The normalized spacial score (nSPS) is 21.0.